The number of hydrogen-bond donors (Lipinski definition) is 0. The van der Waals surface area contributed by atoms with E-state index in [2.05, 4.69) is 15.9 Å². The molecule has 0 N–H and O–H groups in total. The van der Waals surface area contributed by atoms with Crippen LogP contribution in [0.25, 0.3) is 0 Å². The first kappa shape index (κ1) is 18.2. The second-order valence-electron chi connectivity index (χ2n) is 9.31. The predicted octanol–water partition coefficient (Wildman–Crippen LogP) is 2.97. The van der Waals surface area contributed by atoms with E-state index in [-0.39, 0.29) is 5.41 Å². The van der Waals surface area contributed by atoms with E-state index in [1.807, 2.05) is 12.1 Å². The summed E-state index contributed by atoms with van der Waals surface area (Å²) < 4.78 is 11.8. The molecule has 2 spiro atoms. The smallest absolute Gasteiger partial charge is 0.149 e. The number of hydrogen-bond acceptors (Lipinski definition) is 6. The summed E-state index contributed by atoms with van der Waals surface area (Å²) in [6.45, 7) is 6.81. The minimum Gasteiger partial charge on any atom is -0.379 e. The highest BCUT2D eigenvalue weighted by Gasteiger charge is 2.42. The van der Waals surface area contributed by atoms with Crippen LogP contribution in [0.2, 0.25) is 0 Å². The molecule has 0 amide bonds. The van der Waals surface area contributed by atoms with Gasteiger partial charge in [0.1, 0.15) is 17.7 Å². The molecule has 150 valence electrons. The highest BCUT2D eigenvalue weighted by atomic mass is 16.5. The third-order valence-electron chi connectivity index (χ3n) is 7.31. The van der Waals surface area contributed by atoms with Crippen molar-refractivity contribution in [3.8, 4) is 6.07 Å². The van der Waals surface area contributed by atoms with Crippen LogP contribution < -0.4 is 9.80 Å². The zero-order chi connectivity index (χ0) is 19.0. The van der Waals surface area contributed by atoms with Crippen molar-refractivity contribution in [2.24, 2.45) is 10.8 Å². The number of ether oxygens (including phenoxy) is 2. The molecule has 1 aromatic rings. The van der Waals surface area contributed by atoms with Gasteiger partial charge in [-0.2, -0.15) is 5.26 Å². The molecule has 0 radical (unpaired) electrons. The highest BCUT2D eigenvalue weighted by molar-refractivity contribution is 5.59. The van der Waals surface area contributed by atoms with E-state index < -0.39 is 0 Å². The molecule has 0 bridgehead atoms. The van der Waals surface area contributed by atoms with Gasteiger partial charge >= 0.3 is 0 Å². The van der Waals surface area contributed by atoms with E-state index in [1.165, 1.54) is 38.5 Å². The zero-order valence-corrected chi connectivity index (χ0v) is 16.7. The van der Waals surface area contributed by atoms with Crippen molar-refractivity contribution in [2.45, 2.75) is 38.5 Å². The number of nitrogens with zero attached hydrogens (tertiary/aromatic N) is 4. The van der Waals surface area contributed by atoms with Crippen LogP contribution in [0.4, 0.5) is 11.6 Å². The van der Waals surface area contributed by atoms with Crippen molar-refractivity contribution in [3.63, 3.8) is 0 Å². The zero-order valence-electron chi connectivity index (χ0n) is 16.7. The predicted molar refractivity (Wildman–Crippen MR) is 108 cm³/mol. The summed E-state index contributed by atoms with van der Waals surface area (Å²) in [5.41, 5.74) is 1.23. The van der Waals surface area contributed by atoms with Crippen LogP contribution in [0.15, 0.2) is 12.1 Å². The lowest BCUT2D eigenvalue weighted by molar-refractivity contribution is 0.0187. The van der Waals surface area contributed by atoms with Gasteiger partial charge in [0, 0.05) is 37.0 Å². The average molecular weight is 383 g/mol. The van der Waals surface area contributed by atoms with Crippen LogP contribution in [-0.2, 0) is 9.47 Å². The maximum atomic E-state index is 9.72. The topological polar surface area (TPSA) is 61.6 Å². The molecule has 4 aliphatic rings. The Morgan fingerprint density at radius 1 is 0.893 bits per heavy atom. The lowest BCUT2D eigenvalue weighted by Gasteiger charge is -2.44. The van der Waals surface area contributed by atoms with Crippen molar-refractivity contribution >= 4 is 11.6 Å². The van der Waals surface area contributed by atoms with Gasteiger partial charge in [0.2, 0.25) is 0 Å². The number of nitriles is 1. The van der Waals surface area contributed by atoms with Gasteiger partial charge in [-0.3, -0.25) is 0 Å². The fourth-order valence-corrected chi connectivity index (χ4v) is 5.26. The Labute approximate surface area is 167 Å². The van der Waals surface area contributed by atoms with Gasteiger partial charge in [-0.05, 0) is 37.8 Å². The Balaban J connectivity index is 1.44. The first-order valence-corrected chi connectivity index (χ1v) is 10.8. The van der Waals surface area contributed by atoms with E-state index in [4.69, 9.17) is 14.5 Å². The molecule has 6 nitrogen and oxygen atoms in total. The van der Waals surface area contributed by atoms with Crippen LogP contribution in [0.3, 0.4) is 0 Å². The minimum absolute atomic E-state index is 0.257. The Bertz CT molecular complexity index is 766. The second kappa shape index (κ2) is 7.20. The van der Waals surface area contributed by atoms with E-state index in [0.29, 0.717) is 17.6 Å². The van der Waals surface area contributed by atoms with E-state index >= 15 is 0 Å². The molecule has 4 fully saturated rings. The molecule has 2 aliphatic carbocycles. The number of anilines is 2. The average Bonchev–Trinajstić information content (AvgIpc) is 3.04. The third-order valence-corrected chi connectivity index (χ3v) is 7.31. The normalized spacial score (nSPS) is 26.1. The number of rotatable bonds is 2. The minimum atomic E-state index is 0.257. The van der Waals surface area contributed by atoms with Gasteiger partial charge < -0.3 is 19.3 Å². The number of aromatic nitrogens is 1. The quantitative estimate of drug-likeness (QED) is 0.784. The molecule has 0 atom stereocenters. The molecule has 6 heteroatoms. The lowest BCUT2D eigenvalue weighted by atomic mass is 9.69. The second-order valence-corrected chi connectivity index (χ2v) is 9.31. The summed E-state index contributed by atoms with van der Waals surface area (Å²) in [6.07, 6.45) is 7.52. The molecule has 5 rings (SSSR count). The van der Waals surface area contributed by atoms with Crippen LogP contribution in [0.5, 0.6) is 0 Å². The van der Waals surface area contributed by atoms with Crippen LogP contribution in [0, 0.1) is 22.2 Å². The van der Waals surface area contributed by atoms with Crippen LogP contribution >= 0.6 is 0 Å². The van der Waals surface area contributed by atoms with Crippen molar-refractivity contribution in [1.29, 1.82) is 5.26 Å². The molecule has 2 saturated carbocycles. The van der Waals surface area contributed by atoms with E-state index in [0.717, 1.165) is 57.6 Å². The summed E-state index contributed by atoms with van der Waals surface area (Å²) >= 11 is 0. The molecule has 1 aromatic heterocycles. The van der Waals surface area contributed by atoms with Crippen LogP contribution in [0.1, 0.15) is 44.1 Å². The third kappa shape index (κ3) is 3.25. The molecule has 2 aliphatic heterocycles. The van der Waals surface area contributed by atoms with Crippen LogP contribution in [-0.4, -0.2) is 57.6 Å². The van der Waals surface area contributed by atoms with Gasteiger partial charge in [0.05, 0.1) is 32.0 Å². The molecule has 2 saturated heterocycles. The summed E-state index contributed by atoms with van der Waals surface area (Å²) in [4.78, 5) is 9.73. The fraction of sp³-hybridized carbons (Fsp3) is 0.727. The van der Waals surface area contributed by atoms with Gasteiger partial charge in [-0.15, -0.1) is 0 Å². The Hall–Kier alpha value is -1.84. The molecular weight excluding hydrogens is 352 g/mol. The Morgan fingerprint density at radius 2 is 1.50 bits per heavy atom. The molecule has 0 unspecified atom stereocenters. The molecular formula is C22H30N4O2. The van der Waals surface area contributed by atoms with Crippen molar-refractivity contribution in [3.05, 3.63) is 17.7 Å². The maximum absolute atomic E-state index is 9.72. The first-order valence-electron chi connectivity index (χ1n) is 10.8. The van der Waals surface area contributed by atoms with Crippen molar-refractivity contribution in [1.82, 2.24) is 4.98 Å². The lowest BCUT2D eigenvalue weighted by Crippen LogP contribution is -2.44. The molecule has 0 aromatic carbocycles. The summed E-state index contributed by atoms with van der Waals surface area (Å²) in [7, 11) is 0. The maximum Gasteiger partial charge on any atom is 0.149 e. The summed E-state index contributed by atoms with van der Waals surface area (Å²) in [5, 5.41) is 9.72. The summed E-state index contributed by atoms with van der Waals surface area (Å²) in [6, 6.07) is 6.34. The Kier molecular flexibility index (Phi) is 4.68. The van der Waals surface area contributed by atoms with Gasteiger partial charge in [0.25, 0.3) is 0 Å². The Morgan fingerprint density at radius 3 is 2.07 bits per heavy atom. The monoisotopic (exact) mass is 382 g/mol. The van der Waals surface area contributed by atoms with E-state index in [9.17, 15) is 5.26 Å². The summed E-state index contributed by atoms with van der Waals surface area (Å²) in [5.74, 6) is 1.82. The van der Waals surface area contributed by atoms with Crippen molar-refractivity contribution in [2.75, 3.05) is 62.4 Å². The molecule has 28 heavy (non-hydrogen) atoms. The first-order chi connectivity index (χ1) is 13.7. The largest absolute Gasteiger partial charge is 0.379 e. The SMILES string of the molecule is N#Cc1ccc(N2CCOCC3(CCC3)C2)nc1N1CCOCC2(CCC2)C1. The standard InChI is InChI=1S/C22H30N4O2/c23-13-18-3-4-19(25-9-11-27-16-21(14-25)5-1-6-21)24-20(18)26-10-12-28-17-22(15-26)7-2-8-22/h3-4H,1-2,5-12,14-17H2. The molecule has 3 heterocycles. The highest BCUT2D eigenvalue weighted by Crippen LogP contribution is 2.45. The fourth-order valence-electron chi connectivity index (χ4n) is 5.26. The number of pyridine rings is 1. The van der Waals surface area contributed by atoms with Crippen molar-refractivity contribution < 1.29 is 9.47 Å². The van der Waals surface area contributed by atoms with Gasteiger partial charge in [-0.25, -0.2) is 4.98 Å². The van der Waals surface area contributed by atoms with Gasteiger partial charge in [0.15, 0.2) is 0 Å². The van der Waals surface area contributed by atoms with E-state index in [1.54, 1.807) is 0 Å². The van der Waals surface area contributed by atoms with Gasteiger partial charge in [-0.1, -0.05) is 12.8 Å².